The fraction of sp³-hybridized carbons (Fsp3) is 0.406. The molecule has 0 saturated carbocycles. The molecule has 1 N–H and O–H groups in total. The highest BCUT2D eigenvalue weighted by atomic mass is 19.1. The lowest BCUT2D eigenvalue weighted by Crippen LogP contribution is -2.33. The summed E-state index contributed by atoms with van der Waals surface area (Å²) in [4.78, 5) is 28.2. The van der Waals surface area contributed by atoms with Crippen molar-refractivity contribution in [2.75, 3.05) is 38.1 Å². The van der Waals surface area contributed by atoms with E-state index in [2.05, 4.69) is 49.0 Å². The monoisotopic (exact) mass is 582 g/mol. The van der Waals surface area contributed by atoms with Gasteiger partial charge in [-0.25, -0.2) is 14.4 Å². The molecular formula is C32H35FN8O2. The number of hydrogen-bond acceptors (Lipinski definition) is 8. The van der Waals surface area contributed by atoms with Crippen molar-refractivity contribution in [2.24, 2.45) is 5.41 Å². The third kappa shape index (κ3) is 5.39. The number of likely N-dealkylation sites (tertiary alicyclic amines) is 1. The second-order valence-corrected chi connectivity index (χ2v) is 12.1. The fourth-order valence-corrected chi connectivity index (χ4v) is 6.30. The van der Waals surface area contributed by atoms with Crippen LogP contribution in [0.15, 0.2) is 42.9 Å². The Morgan fingerprint density at radius 2 is 2.02 bits per heavy atom. The van der Waals surface area contributed by atoms with Crippen molar-refractivity contribution in [1.82, 2.24) is 30.0 Å². The zero-order chi connectivity index (χ0) is 30.3. The molecule has 1 atom stereocenters. The molecule has 1 spiro atoms. The van der Waals surface area contributed by atoms with Crippen LogP contribution in [0.1, 0.15) is 53.9 Å². The van der Waals surface area contributed by atoms with E-state index in [9.17, 15) is 14.4 Å². The first-order valence-electron chi connectivity index (χ1n) is 14.6. The number of halogens is 1. The summed E-state index contributed by atoms with van der Waals surface area (Å²) in [5, 5.41) is 17.4. The minimum atomic E-state index is -0.503. The van der Waals surface area contributed by atoms with E-state index in [4.69, 9.17) is 4.74 Å². The number of aryl methyl sites for hydroxylation is 1. The standard InChI is InChI=1S/C32H35FN8O2/c1-20(2)39(4)31(42)25-13-23(33)6-8-27(25)43-28-15-35-19-36-30(28)41-12-10-32(18-41)9-11-40(17-32)16-22-5-7-24-26(14-34)37-38-29(24)21(22)3/h5-8,13,15,19-20H,9-12,16-18H2,1-4H3,(H,37,38). The molecule has 11 heteroatoms. The SMILES string of the molecule is Cc1c(CN2CCC3(CCN(c4ncncc4Oc4ccc(F)cc4C(=O)N(C)C(C)C)C3)C2)ccc2c(C#N)n[nH]c12. The first-order valence-corrected chi connectivity index (χ1v) is 14.6. The smallest absolute Gasteiger partial charge is 0.257 e. The Labute approximate surface area is 250 Å². The van der Waals surface area contributed by atoms with E-state index in [1.54, 1.807) is 18.1 Å². The topological polar surface area (TPSA) is 114 Å². The first-order chi connectivity index (χ1) is 20.7. The number of hydrogen-bond donors (Lipinski definition) is 1. The summed E-state index contributed by atoms with van der Waals surface area (Å²) in [5.41, 5.74) is 3.98. The van der Waals surface area contributed by atoms with Crippen molar-refractivity contribution >= 4 is 22.6 Å². The molecular weight excluding hydrogens is 547 g/mol. The Morgan fingerprint density at radius 3 is 2.81 bits per heavy atom. The number of amides is 1. The molecule has 222 valence electrons. The molecule has 2 aromatic carbocycles. The third-order valence-corrected chi connectivity index (χ3v) is 9.01. The van der Waals surface area contributed by atoms with Gasteiger partial charge in [-0.15, -0.1) is 0 Å². The Morgan fingerprint density at radius 1 is 1.21 bits per heavy atom. The highest BCUT2D eigenvalue weighted by molar-refractivity contribution is 5.97. The van der Waals surface area contributed by atoms with Gasteiger partial charge in [0.25, 0.3) is 5.91 Å². The number of benzene rings is 2. The van der Waals surface area contributed by atoms with Crippen molar-refractivity contribution in [3.8, 4) is 17.6 Å². The van der Waals surface area contributed by atoms with E-state index in [1.165, 1.54) is 30.1 Å². The number of rotatable bonds is 7. The number of fused-ring (bicyclic) bond motifs is 1. The van der Waals surface area contributed by atoms with E-state index in [0.717, 1.165) is 62.0 Å². The Balaban J connectivity index is 1.18. The third-order valence-electron chi connectivity index (χ3n) is 9.01. The molecule has 43 heavy (non-hydrogen) atoms. The highest BCUT2D eigenvalue weighted by Crippen LogP contribution is 2.43. The summed E-state index contributed by atoms with van der Waals surface area (Å²) in [7, 11) is 1.69. The lowest BCUT2D eigenvalue weighted by Gasteiger charge is -2.26. The van der Waals surface area contributed by atoms with Gasteiger partial charge in [-0.2, -0.15) is 10.4 Å². The van der Waals surface area contributed by atoms with Crippen LogP contribution < -0.4 is 9.64 Å². The predicted octanol–water partition coefficient (Wildman–Crippen LogP) is 5.05. The number of nitrogens with zero attached hydrogens (tertiary/aromatic N) is 7. The molecule has 1 unspecified atom stereocenters. The van der Waals surface area contributed by atoms with Gasteiger partial charge in [0.1, 0.15) is 24.0 Å². The van der Waals surface area contributed by atoms with Crippen LogP contribution in [0.2, 0.25) is 0 Å². The van der Waals surface area contributed by atoms with Crippen LogP contribution in [0, 0.1) is 29.5 Å². The average molecular weight is 583 g/mol. The molecule has 4 heterocycles. The van der Waals surface area contributed by atoms with Crippen molar-refractivity contribution in [3.63, 3.8) is 0 Å². The van der Waals surface area contributed by atoms with Crippen LogP contribution in [0.4, 0.5) is 10.2 Å². The molecule has 2 fully saturated rings. The number of aromatic nitrogens is 4. The number of H-pyrrole nitrogens is 1. The van der Waals surface area contributed by atoms with Crippen molar-refractivity contribution in [2.45, 2.75) is 46.2 Å². The molecule has 2 aromatic heterocycles. The number of carbonyl (C=O) groups excluding carboxylic acids is 1. The number of ether oxygens (including phenoxy) is 1. The van der Waals surface area contributed by atoms with E-state index in [1.807, 2.05) is 19.9 Å². The molecule has 6 rings (SSSR count). The van der Waals surface area contributed by atoms with E-state index >= 15 is 0 Å². The van der Waals surface area contributed by atoms with Gasteiger partial charge < -0.3 is 14.5 Å². The molecule has 10 nitrogen and oxygen atoms in total. The van der Waals surface area contributed by atoms with Gasteiger partial charge in [0.05, 0.1) is 17.3 Å². The number of anilines is 1. The minimum Gasteiger partial charge on any atom is -0.451 e. The summed E-state index contributed by atoms with van der Waals surface area (Å²) < 4.78 is 20.5. The van der Waals surface area contributed by atoms with Gasteiger partial charge >= 0.3 is 0 Å². The maximum absolute atomic E-state index is 14.2. The van der Waals surface area contributed by atoms with Gasteiger partial charge in [-0.05, 0) is 75.5 Å². The highest BCUT2D eigenvalue weighted by Gasteiger charge is 2.44. The molecule has 2 aliphatic rings. The Hall–Kier alpha value is -4.56. The molecule has 2 aliphatic heterocycles. The lowest BCUT2D eigenvalue weighted by atomic mass is 9.86. The van der Waals surface area contributed by atoms with E-state index in [0.29, 0.717) is 17.3 Å². The van der Waals surface area contributed by atoms with Crippen LogP contribution in [0.25, 0.3) is 10.9 Å². The van der Waals surface area contributed by atoms with Crippen molar-refractivity contribution in [3.05, 3.63) is 71.1 Å². The number of carbonyl (C=O) groups is 1. The minimum absolute atomic E-state index is 0.0558. The van der Waals surface area contributed by atoms with Gasteiger partial charge in [0.15, 0.2) is 17.3 Å². The van der Waals surface area contributed by atoms with Gasteiger partial charge in [0.2, 0.25) is 0 Å². The number of nitrogens with one attached hydrogen (secondary N) is 1. The second-order valence-electron chi connectivity index (χ2n) is 12.1. The van der Waals surface area contributed by atoms with Gasteiger partial charge in [-0.1, -0.05) is 6.07 Å². The number of nitriles is 1. The summed E-state index contributed by atoms with van der Waals surface area (Å²) in [5.74, 6) is 0.543. The fourth-order valence-electron chi connectivity index (χ4n) is 6.30. The largest absolute Gasteiger partial charge is 0.451 e. The van der Waals surface area contributed by atoms with Crippen LogP contribution in [0.3, 0.4) is 0 Å². The predicted molar refractivity (Wildman–Crippen MR) is 160 cm³/mol. The molecule has 0 bridgehead atoms. The zero-order valence-corrected chi connectivity index (χ0v) is 24.9. The molecule has 0 radical (unpaired) electrons. The van der Waals surface area contributed by atoms with Crippen molar-refractivity contribution < 1.29 is 13.9 Å². The maximum Gasteiger partial charge on any atom is 0.257 e. The van der Waals surface area contributed by atoms with Crippen LogP contribution >= 0.6 is 0 Å². The normalized spacial score (nSPS) is 18.6. The van der Waals surface area contributed by atoms with Crippen LogP contribution in [-0.4, -0.2) is 75.1 Å². The summed E-state index contributed by atoms with van der Waals surface area (Å²) in [6, 6.07) is 10.2. The summed E-state index contributed by atoms with van der Waals surface area (Å²) >= 11 is 0. The van der Waals surface area contributed by atoms with Gasteiger partial charge in [-0.3, -0.25) is 14.8 Å². The second kappa shape index (κ2) is 11.3. The van der Waals surface area contributed by atoms with Crippen LogP contribution in [0.5, 0.6) is 11.5 Å². The van der Waals surface area contributed by atoms with E-state index in [-0.39, 0.29) is 28.7 Å². The molecule has 2 saturated heterocycles. The maximum atomic E-state index is 14.2. The van der Waals surface area contributed by atoms with Crippen molar-refractivity contribution in [1.29, 1.82) is 5.26 Å². The molecule has 1 amide bonds. The quantitative estimate of drug-likeness (QED) is 0.322. The van der Waals surface area contributed by atoms with E-state index < -0.39 is 5.82 Å². The van der Waals surface area contributed by atoms with Gasteiger partial charge in [0, 0.05) is 50.1 Å². The first kappa shape index (κ1) is 28.6. The summed E-state index contributed by atoms with van der Waals surface area (Å²) in [6.45, 7) is 10.3. The van der Waals surface area contributed by atoms with Crippen LogP contribution in [-0.2, 0) is 6.54 Å². The Bertz CT molecular complexity index is 1730. The Kier molecular flexibility index (Phi) is 7.48. The lowest BCUT2D eigenvalue weighted by molar-refractivity contribution is 0.0751. The zero-order valence-electron chi connectivity index (χ0n) is 24.9. The average Bonchev–Trinajstić information content (AvgIpc) is 3.73. The molecule has 0 aliphatic carbocycles. The number of aromatic amines is 1. The molecule has 4 aromatic rings. The summed E-state index contributed by atoms with van der Waals surface area (Å²) in [6.07, 6.45) is 5.21.